The maximum absolute atomic E-state index is 12.9. The summed E-state index contributed by atoms with van der Waals surface area (Å²) in [7, 11) is 2.26. The van der Waals surface area contributed by atoms with E-state index in [1.807, 2.05) is 30.3 Å². The third kappa shape index (κ3) is 2.19. The van der Waals surface area contributed by atoms with Gasteiger partial charge in [0, 0.05) is 40.7 Å². The smallest absolute Gasteiger partial charge is 0.182 e. The molecule has 0 radical (unpaired) electrons. The van der Waals surface area contributed by atoms with Crippen LogP contribution in [-0.4, -0.2) is 28.3 Å². The van der Waals surface area contributed by atoms with Crippen molar-refractivity contribution >= 4 is 16.7 Å². The summed E-state index contributed by atoms with van der Waals surface area (Å²) >= 11 is 0. The van der Waals surface area contributed by atoms with E-state index in [0.29, 0.717) is 18.6 Å². The van der Waals surface area contributed by atoms with Gasteiger partial charge < -0.3 is 4.57 Å². The van der Waals surface area contributed by atoms with Crippen LogP contribution in [0.1, 0.15) is 40.5 Å². The number of para-hydroxylation sites is 1. The van der Waals surface area contributed by atoms with Crippen LogP contribution in [0.25, 0.3) is 10.9 Å². The van der Waals surface area contributed by atoms with Gasteiger partial charge in [-0.1, -0.05) is 48.5 Å². The minimum Gasteiger partial charge on any atom is -0.336 e. The maximum Gasteiger partial charge on any atom is 0.182 e. The summed E-state index contributed by atoms with van der Waals surface area (Å²) < 4.78 is 2.29. The molecule has 2 unspecified atom stereocenters. The predicted octanol–water partition coefficient (Wildman–Crippen LogP) is 4.22. The molecule has 2 bridgehead atoms. The number of carbonyl (C=O) groups is 1. The molecule has 0 spiro atoms. The highest BCUT2D eigenvalue weighted by atomic mass is 16.1. The summed E-state index contributed by atoms with van der Waals surface area (Å²) in [5.74, 6) is 0.190. The first-order chi connectivity index (χ1) is 12.2. The minimum absolute atomic E-state index is 0.190. The standard InChI is InChI=1S/C22H22N2O/c1-23-16-11-12-19(23)22-17-9-5-6-10-18(17)24(20(22)13-16)14-21(25)15-7-3-2-4-8-15/h2-10,16,19H,11-14H2,1H3. The molecular weight excluding hydrogens is 308 g/mol. The summed E-state index contributed by atoms with van der Waals surface area (Å²) in [5.41, 5.74) is 4.85. The van der Waals surface area contributed by atoms with Crippen molar-refractivity contribution in [2.45, 2.75) is 37.9 Å². The van der Waals surface area contributed by atoms with Gasteiger partial charge in [-0.2, -0.15) is 0 Å². The van der Waals surface area contributed by atoms with Crippen molar-refractivity contribution < 1.29 is 4.79 Å². The van der Waals surface area contributed by atoms with Gasteiger partial charge in [0.05, 0.1) is 6.54 Å². The lowest BCUT2D eigenvalue weighted by Gasteiger charge is -2.32. The van der Waals surface area contributed by atoms with E-state index < -0.39 is 0 Å². The Labute approximate surface area is 147 Å². The van der Waals surface area contributed by atoms with Gasteiger partial charge in [-0.05, 0) is 31.5 Å². The Kier molecular flexibility index (Phi) is 3.32. The molecule has 5 rings (SSSR count). The average Bonchev–Trinajstić information content (AvgIpc) is 3.07. The number of nitrogens with zero attached hydrogens (tertiary/aromatic N) is 2. The van der Waals surface area contributed by atoms with E-state index in [1.54, 1.807) is 0 Å². The van der Waals surface area contributed by atoms with Crippen LogP contribution in [0.15, 0.2) is 54.6 Å². The molecule has 126 valence electrons. The van der Waals surface area contributed by atoms with E-state index in [9.17, 15) is 4.79 Å². The fourth-order valence-corrected chi connectivity index (χ4v) is 4.84. The number of Topliss-reactive ketones (excluding diaryl/α,β-unsaturated/α-hetero) is 1. The van der Waals surface area contributed by atoms with E-state index in [1.165, 1.54) is 35.0 Å². The monoisotopic (exact) mass is 330 g/mol. The van der Waals surface area contributed by atoms with E-state index in [4.69, 9.17) is 0 Å². The zero-order chi connectivity index (χ0) is 17.0. The van der Waals surface area contributed by atoms with E-state index in [0.717, 1.165) is 12.0 Å². The van der Waals surface area contributed by atoms with Crippen LogP contribution >= 0.6 is 0 Å². The van der Waals surface area contributed by atoms with E-state index in [-0.39, 0.29) is 5.78 Å². The lowest BCUT2D eigenvalue weighted by atomic mass is 9.97. The summed E-state index contributed by atoms with van der Waals surface area (Å²) in [5, 5.41) is 1.33. The second-order valence-corrected chi connectivity index (χ2v) is 7.37. The summed E-state index contributed by atoms with van der Waals surface area (Å²) in [4.78, 5) is 15.4. The Morgan fingerprint density at radius 2 is 1.80 bits per heavy atom. The number of rotatable bonds is 3. The average molecular weight is 330 g/mol. The fraction of sp³-hybridized carbons (Fsp3) is 0.318. The number of ketones is 1. The second kappa shape index (κ2) is 5.57. The molecule has 3 aromatic rings. The van der Waals surface area contributed by atoms with Gasteiger partial charge in [0.15, 0.2) is 5.78 Å². The van der Waals surface area contributed by atoms with Crippen LogP contribution < -0.4 is 0 Å². The second-order valence-electron chi connectivity index (χ2n) is 7.37. The highest BCUT2D eigenvalue weighted by Gasteiger charge is 2.40. The lowest BCUT2D eigenvalue weighted by Crippen LogP contribution is -2.35. The molecule has 0 saturated carbocycles. The van der Waals surface area contributed by atoms with Gasteiger partial charge in [-0.15, -0.1) is 0 Å². The maximum atomic E-state index is 12.9. The number of benzene rings is 2. The molecule has 3 heteroatoms. The van der Waals surface area contributed by atoms with Crippen molar-refractivity contribution in [2.75, 3.05) is 7.05 Å². The third-order valence-electron chi connectivity index (χ3n) is 6.12. The zero-order valence-corrected chi connectivity index (χ0v) is 14.5. The Morgan fingerprint density at radius 3 is 2.64 bits per heavy atom. The molecule has 25 heavy (non-hydrogen) atoms. The van der Waals surface area contributed by atoms with Crippen LogP contribution in [0.5, 0.6) is 0 Å². The highest BCUT2D eigenvalue weighted by Crippen LogP contribution is 2.46. The van der Waals surface area contributed by atoms with Crippen molar-refractivity contribution in [2.24, 2.45) is 0 Å². The van der Waals surface area contributed by atoms with Gasteiger partial charge in [-0.25, -0.2) is 0 Å². The largest absolute Gasteiger partial charge is 0.336 e. The van der Waals surface area contributed by atoms with Gasteiger partial charge in [0.25, 0.3) is 0 Å². The van der Waals surface area contributed by atoms with Gasteiger partial charge >= 0.3 is 0 Å². The fourth-order valence-electron chi connectivity index (χ4n) is 4.84. The molecule has 0 amide bonds. The quantitative estimate of drug-likeness (QED) is 0.672. The molecule has 3 nitrogen and oxygen atoms in total. The molecule has 2 aliphatic heterocycles. The first kappa shape index (κ1) is 14.9. The van der Waals surface area contributed by atoms with Gasteiger partial charge in [0.2, 0.25) is 0 Å². The van der Waals surface area contributed by atoms with Crippen LogP contribution in [0, 0.1) is 0 Å². The molecule has 2 aliphatic rings. The minimum atomic E-state index is 0.190. The Balaban J connectivity index is 1.65. The van der Waals surface area contributed by atoms with Crippen LogP contribution in [0.3, 0.4) is 0 Å². The molecule has 1 aromatic heterocycles. The number of fused-ring (bicyclic) bond motifs is 6. The van der Waals surface area contributed by atoms with E-state index >= 15 is 0 Å². The molecule has 0 N–H and O–H groups in total. The zero-order valence-electron chi connectivity index (χ0n) is 14.5. The molecule has 1 saturated heterocycles. The van der Waals surface area contributed by atoms with Crippen LogP contribution in [0.2, 0.25) is 0 Å². The first-order valence-corrected chi connectivity index (χ1v) is 9.14. The number of carbonyl (C=O) groups excluding carboxylic acids is 1. The molecule has 3 heterocycles. The summed E-state index contributed by atoms with van der Waals surface area (Å²) in [6.07, 6.45) is 3.55. The molecular formula is C22H22N2O. The Bertz CT molecular complexity index is 957. The number of likely N-dealkylation sites (N-methyl/N-ethyl adjacent to an activating group) is 1. The van der Waals surface area contributed by atoms with Crippen LogP contribution in [0.4, 0.5) is 0 Å². The van der Waals surface area contributed by atoms with Crippen molar-refractivity contribution in [1.82, 2.24) is 9.47 Å². The Hall–Kier alpha value is -2.39. The van der Waals surface area contributed by atoms with Crippen molar-refractivity contribution in [3.8, 4) is 0 Å². The third-order valence-corrected chi connectivity index (χ3v) is 6.12. The molecule has 2 atom stereocenters. The lowest BCUT2D eigenvalue weighted by molar-refractivity contribution is 0.0971. The Morgan fingerprint density at radius 1 is 1.04 bits per heavy atom. The van der Waals surface area contributed by atoms with E-state index in [2.05, 4.69) is 40.8 Å². The van der Waals surface area contributed by atoms with Gasteiger partial charge in [0.1, 0.15) is 0 Å². The number of hydrogen-bond donors (Lipinski definition) is 0. The normalized spacial score (nSPS) is 22.3. The van der Waals surface area contributed by atoms with Crippen molar-refractivity contribution in [1.29, 1.82) is 0 Å². The van der Waals surface area contributed by atoms with Gasteiger partial charge in [-0.3, -0.25) is 9.69 Å². The molecule has 2 aromatic carbocycles. The molecule has 1 fully saturated rings. The van der Waals surface area contributed by atoms with Crippen molar-refractivity contribution in [3.05, 3.63) is 71.4 Å². The van der Waals surface area contributed by atoms with Crippen LogP contribution in [-0.2, 0) is 13.0 Å². The summed E-state index contributed by atoms with van der Waals surface area (Å²) in [6, 6.07) is 19.4. The first-order valence-electron chi connectivity index (χ1n) is 9.14. The molecule has 0 aliphatic carbocycles. The van der Waals surface area contributed by atoms with Crippen molar-refractivity contribution in [3.63, 3.8) is 0 Å². The number of hydrogen-bond acceptors (Lipinski definition) is 2. The predicted molar refractivity (Wildman–Crippen MR) is 99.9 cm³/mol. The SMILES string of the molecule is CN1C2CCC1c1c(n(CC(=O)c3ccccc3)c3ccccc13)C2. The summed E-state index contributed by atoms with van der Waals surface area (Å²) in [6.45, 7) is 0.434. The topological polar surface area (TPSA) is 25.2 Å². The number of aromatic nitrogens is 1. The highest BCUT2D eigenvalue weighted by molar-refractivity contribution is 5.97.